The Kier molecular flexibility index (Phi) is 11.1. The molecule has 5 nitrogen and oxygen atoms in total. The maximum absolute atomic E-state index is 8.65. The fourth-order valence-corrected chi connectivity index (χ4v) is 8.97. The number of rotatable bonds is 6. The molecule has 0 unspecified atom stereocenters. The van der Waals surface area contributed by atoms with Crippen molar-refractivity contribution in [2.45, 2.75) is 72.6 Å². The van der Waals surface area contributed by atoms with Crippen molar-refractivity contribution >= 4 is 54.5 Å². The second kappa shape index (κ2) is 17.9. The zero-order valence-corrected chi connectivity index (χ0v) is 40.6. The van der Waals surface area contributed by atoms with Crippen LogP contribution in [-0.4, -0.2) is 19.5 Å². The molecule has 8 aromatic carbocycles. The number of hydrogen-bond acceptors (Lipinski definition) is 4. The van der Waals surface area contributed by atoms with E-state index in [4.69, 9.17) is 13.5 Å². The van der Waals surface area contributed by atoms with Gasteiger partial charge in [-0.1, -0.05) is 138 Å². The SMILES string of the molecule is CC(C)(C)c1ccnc(-c2[c-]cccc2)n1.[2H]C([2H])([2H])c1cccc2nc(-c3[c-]ccc4c3oc3cc5ccc6ccccc6c5cc34)n(-c3c(C(C)C)cc(-c4ccccc4)cc3C(C)C)c12.[Ir]. The zero-order valence-electron chi connectivity index (χ0n) is 41.2. The molecule has 66 heavy (non-hydrogen) atoms. The van der Waals surface area contributed by atoms with Crippen molar-refractivity contribution in [1.29, 1.82) is 0 Å². The summed E-state index contributed by atoms with van der Waals surface area (Å²) in [5, 5.41) is 6.62. The monoisotopic (exact) mass is 1040 g/mol. The van der Waals surface area contributed by atoms with Gasteiger partial charge in [-0.2, -0.15) is 0 Å². The van der Waals surface area contributed by atoms with Crippen molar-refractivity contribution in [2.75, 3.05) is 0 Å². The van der Waals surface area contributed by atoms with E-state index in [1.807, 2.05) is 54.7 Å². The molecule has 0 fully saturated rings. The summed E-state index contributed by atoms with van der Waals surface area (Å²) in [7, 11) is 0. The van der Waals surface area contributed by atoms with Crippen LogP contribution in [0.5, 0.6) is 0 Å². The number of hydrogen-bond donors (Lipinski definition) is 0. The predicted molar refractivity (Wildman–Crippen MR) is 271 cm³/mol. The largest absolute Gasteiger partial charge is 0.501 e. The van der Waals surface area contributed by atoms with Gasteiger partial charge in [-0.25, -0.2) is 0 Å². The summed E-state index contributed by atoms with van der Waals surface area (Å²) in [6.45, 7) is 12.9. The number of imidazole rings is 1. The standard InChI is InChI=1S/C46H37N2O.C14H15N2.Ir/c1-27(2)37-23-33(30-14-7-6-8-15-30)24-38(28(3)4)44(37)48-43-29(5)13-11-20-41(43)47-46(48)36-19-12-18-35-40-26-39-32(25-42(40)49-45(35)36)22-21-31-16-9-10-17-34(31)39;1-14(2,3)12-9-10-15-13(16-12)11-7-5-4-6-8-11;/h6-18,20-28H,1-5H3;4-7,9-10H,1-3H3;/q2*-1;/i5D3;;. The van der Waals surface area contributed by atoms with Gasteiger partial charge in [0.1, 0.15) is 5.58 Å². The normalized spacial score (nSPS) is 12.7. The minimum atomic E-state index is -2.37. The number of nitrogens with zero attached hydrogens (tertiary/aromatic N) is 4. The molecule has 1 radical (unpaired) electrons. The van der Waals surface area contributed by atoms with E-state index in [1.165, 1.54) is 16.2 Å². The third-order valence-corrected chi connectivity index (χ3v) is 12.3. The molecule has 0 aliphatic rings. The van der Waals surface area contributed by atoms with Crippen molar-refractivity contribution in [2.24, 2.45) is 0 Å². The smallest absolute Gasteiger partial charge is 0.121 e. The first-order chi connectivity index (χ1) is 32.7. The zero-order chi connectivity index (χ0) is 47.5. The van der Waals surface area contributed by atoms with E-state index in [-0.39, 0.29) is 42.9 Å². The van der Waals surface area contributed by atoms with Gasteiger partial charge in [0.05, 0.1) is 28.3 Å². The summed E-state index contributed by atoms with van der Waals surface area (Å²) in [5.74, 6) is 1.58. The Morgan fingerprint density at radius 2 is 1.38 bits per heavy atom. The van der Waals surface area contributed by atoms with Crippen molar-refractivity contribution in [3.8, 4) is 39.6 Å². The molecule has 3 aromatic heterocycles. The molecular weight excluding hydrogens is 985 g/mol. The Bertz CT molecular complexity index is 3630. The Labute approximate surface area is 405 Å². The molecular formula is C60H52IrN4O-2. The molecule has 0 N–H and O–H groups in total. The second-order valence-electron chi connectivity index (χ2n) is 18.5. The van der Waals surface area contributed by atoms with Gasteiger partial charge < -0.3 is 8.98 Å². The first-order valence-electron chi connectivity index (χ1n) is 23.9. The van der Waals surface area contributed by atoms with Crippen molar-refractivity contribution in [1.82, 2.24) is 19.5 Å². The predicted octanol–water partition coefficient (Wildman–Crippen LogP) is 16.2. The van der Waals surface area contributed by atoms with Crippen LogP contribution < -0.4 is 0 Å². The van der Waals surface area contributed by atoms with Crippen LogP contribution in [0.1, 0.15) is 86.8 Å². The molecule has 0 amide bonds. The molecule has 11 aromatic rings. The molecule has 11 rings (SSSR count). The molecule has 3 heterocycles. The third kappa shape index (κ3) is 8.14. The summed E-state index contributed by atoms with van der Waals surface area (Å²) in [6, 6.07) is 57.8. The van der Waals surface area contributed by atoms with Crippen LogP contribution in [0.3, 0.4) is 0 Å². The van der Waals surface area contributed by atoms with Crippen LogP contribution in [-0.2, 0) is 25.5 Å². The van der Waals surface area contributed by atoms with E-state index in [2.05, 4.69) is 166 Å². The fourth-order valence-electron chi connectivity index (χ4n) is 8.97. The van der Waals surface area contributed by atoms with E-state index < -0.39 is 6.85 Å². The molecule has 0 aliphatic heterocycles. The molecule has 0 spiro atoms. The summed E-state index contributed by atoms with van der Waals surface area (Å²) in [4.78, 5) is 14.1. The number of aromatic nitrogens is 4. The average molecular weight is 1040 g/mol. The van der Waals surface area contributed by atoms with Crippen molar-refractivity contribution in [3.05, 3.63) is 192 Å². The van der Waals surface area contributed by atoms with Crippen LogP contribution in [0.4, 0.5) is 0 Å². The number of para-hydroxylation sites is 1. The van der Waals surface area contributed by atoms with Crippen LogP contribution in [0.25, 0.3) is 94.1 Å². The van der Waals surface area contributed by atoms with Crippen LogP contribution in [0.2, 0.25) is 0 Å². The van der Waals surface area contributed by atoms with Gasteiger partial charge >= 0.3 is 0 Å². The number of aryl methyl sites for hydroxylation is 1. The van der Waals surface area contributed by atoms with Gasteiger partial charge in [0.25, 0.3) is 0 Å². The Balaban J connectivity index is 0.000000296. The Morgan fingerprint density at radius 3 is 2.11 bits per heavy atom. The second-order valence-corrected chi connectivity index (χ2v) is 18.5. The quantitative estimate of drug-likeness (QED) is 0.123. The van der Waals surface area contributed by atoms with E-state index in [0.717, 1.165) is 66.8 Å². The first-order valence-corrected chi connectivity index (χ1v) is 22.4. The molecule has 0 saturated heterocycles. The molecule has 6 heteroatoms. The molecule has 0 saturated carbocycles. The topological polar surface area (TPSA) is 56.7 Å². The number of fused-ring (bicyclic) bond motifs is 7. The summed E-state index contributed by atoms with van der Waals surface area (Å²) >= 11 is 0. The average Bonchev–Trinajstić information content (AvgIpc) is 3.91. The molecule has 329 valence electrons. The minimum absolute atomic E-state index is 0. The number of furan rings is 1. The van der Waals surface area contributed by atoms with E-state index in [1.54, 1.807) is 12.1 Å². The number of benzene rings is 8. The van der Waals surface area contributed by atoms with Gasteiger partial charge in [0, 0.05) is 52.6 Å². The molecule has 0 aliphatic carbocycles. The first kappa shape index (κ1) is 40.8. The van der Waals surface area contributed by atoms with Gasteiger partial charge in [0.15, 0.2) is 0 Å². The Morgan fingerprint density at radius 1 is 0.636 bits per heavy atom. The summed E-state index contributed by atoms with van der Waals surface area (Å²) in [5.41, 5.74) is 11.1. The van der Waals surface area contributed by atoms with E-state index in [9.17, 15) is 0 Å². The van der Waals surface area contributed by atoms with E-state index >= 15 is 0 Å². The van der Waals surface area contributed by atoms with Crippen molar-refractivity contribution < 1.29 is 28.6 Å². The third-order valence-electron chi connectivity index (χ3n) is 12.3. The van der Waals surface area contributed by atoms with Crippen molar-refractivity contribution in [3.63, 3.8) is 0 Å². The van der Waals surface area contributed by atoms with Crippen LogP contribution >= 0.6 is 0 Å². The summed E-state index contributed by atoms with van der Waals surface area (Å²) < 4.78 is 34.8. The van der Waals surface area contributed by atoms with Gasteiger partial charge in [-0.15, -0.1) is 54.1 Å². The fraction of sp³-hybridized carbons (Fsp3) is 0.183. The van der Waals surface area contributed by atoms with Crippen LogP contribution in [0.15, 0.2) is 162 Å². The maximum Gasteiger partial charge on any atom is 0.121 e. The van der Waals surface area contributed by atoms with Gasteiger partial charge in [-0.3, -0.25) is 15.0 Å². The molecule has 0 bridgehead atoms. The van der Waals surface area contributed by atoms with Gasteiger partial charge in [-0.05, 0) is 104 Å². The minimum Gasteiger partial charge on any atom is -0.501 e. The molecule has 0 atom stereocenters. The van der Waals surface area contributed by atoms with E-state index in [0.29, 0.717) is 28.0 Å². The van der Waals surface area contributed by atoms with Gasteiger partial charge in [0.2, 0.25) is 0 Å². The van der Waals surface area contributed by atoms with Crippen LogP contribution in [0, 0.1) is 19.0 Å². The summed E-state index contributed by atoms with van der Waals surface area (Å²) in [6.07, 6.45) is 1.81. The Hall–Kier alpha value is -6.72. The maximum atomic E-state index is 8.65.